The van der Waals surface area contributed by atoms with Crippen molar-refractivity contribution in [2.75, 3.05) is 29.9 Å². The fourth-order valence-electron chi connectivity index (χ4n) is 7.42. The van der Waals surface area contributed by atoms with Crippen LogP contribution in [-0.2, 0) is 42.7 Å². The van der Waals surface area contributed by atoms with E-state index in [1.54, 1.807) is 0 Å². The van der Waals surface area contributed by atoms with Crippen LogP contribution in [0.15, 0.2) is 48.7 Å². The van der Waals surface area contributed by atoms with Crippen LogP contribution >= 0.6 is 0 Å². The second kappa shape index (κ2) is 10.6. The Morgan fingerprint density at radius 1 is 0.907 bits per heavy atom. The Morgan fingerprint density at radius 3 is 2.42 bits per heavy atom. The van der Waals surface area contributed by atoms with Gasteiger partial charge < -0.3 is 15.0 Å². The van der Waals surface area contributed by atoms with E-state index in [0.717, 1.165) is 31.8 Å². The normalized spacial score (nSPS) is 15.6. The Bertz CT molecular complexity index is 1660. The number of hydrogen-bond donors (Lipinski definition) is 1. The summed E-state index contributed by atoms with van der Waals surface area (Å²) in [5.74, 6) is 0.992. The molecular formula is C38H50N4O. The SMILES string of the molecule is Cn1ncc2c(C(C)(C)Cc3cc4c(c(C(C)(C)C)c3)CCCN4)ccc(CN3CCOc4cccc(C(C)(C)C)c43)c21. The maximum atomic E-state index is 6.14. The number of nitrogens with one attached hydrogen (secondary N) is 1. The van der Waals surface area contributed by atoms with Crippen molar-refractivity contribution >= 4 is 22.3 Å². The quantitative estimate of drug-likeness (QED) is 0.258. The fraction of sp³-hybridized carbons (Fsp3) is 0.500. The zero-order valence-electron chi connectivity index (χ0n) is 27.8. The fourth-order valence-corrected chi connectivity index (χ4v) is 7.42. The Labute approximate surface area is 258 Å². The molecule has 0 bridgehead atoms. The van der Waals surface area contributed by atoms with E-state index >= 15 is 0 Å². The Morgan fingerprint density at radius 2 is 1.67 bits per heavy atom. The molecule has 6 rings (SSSR count). The highest BCUT2D eigenvalue weighted by molar-refractivity contribution is 5.87. The highest BCUT2D eigenvalue weighted by Crippen LogP contribution is 2.43. The van der Waals surface area contributed by atoms with Crippen LogP contribution in [0.2, 0.25) is 0 Å². The minimum absolute atomic E-state index is 0.0269. The van der Waals surface area contributed by atoms with E-state index in [4.69, 9.17) is 9.84 Å². The number of hydrogen-bond acceptors (Lipinski definition) is 4. The highest BCUT2D eigenvalue weighted by Gasteiger charge is 2.31. The first kappa shape index (κ1) is 29.6. The van der Waals surface area contributed by atoms with E-state index in [0.29, 0.717) is 6.61 Å². The Balaban J connectivity index is 1.37. The lowest BCUT2D eigenvalue weighted by molar-refractivity contribution is 0.305. The van der Waals surface area contributed by atoms with Gasteiger partial charge in [0.25, 0.3) is 0 Å². The van der Waals surface area contributed by atoms with Crippen molar-refractivity contribution in [3.05, 3.63) is 82.0 Å². The van der Waals surface area contributed by atoms with Crippen LogP contribution in [0.25, 0.3) is 10.9 Å². The zero-order valence-corrected chi connectivity index (χ0v) is 27.8. The third-order valence-corrected chi connectivity index (χ3v) is 9.50. The number of aromatic nitrogens is 2. The molecule has 2 aliphatic rings. The lowest BCUT2D eigenvalue weighted by Crippen LogP contribution is -2.34. The molecule has 228 valence electrons. The van der Waals surface area contributed by atoms with Crippen molar-refractivity contribution < 1.29 is 4.74 Å². The predicted octanol–water partition coefficient (Wildman–Crippen LogP) is 8.45. The monoisotopic (exact) mass is 578 g/mol. The molecule has 0 fully saturated rings. The Kier molecular flexibility index (Phi) is 7.30. The number of ether oxygens (including phenoxy) is 1. The van der Waals surface area contributed by atoms with Crippen LogP contribution in [0, 0.1) is 0 Å². The minimum Gasteiger partial charge on any atom is -0.490 e. The number of benzene rings is 3. The van der Waals surface area contributed by atoms with Gasteiger partial charge >= 0.3 is 0 Å². The number of nitrogens with zero attached hydrogens (tertiary/aromatic N) is 3. The van der Waals surface area contributed by atoms with Crippen LogP contribution < -0.4 is 15.0 Å². The second-order valence-electron chi connectivity index (χ2n) is 15.5. The number of rotatable bonds is 5. The number of aryl methyl sites for hydroxylation is 1. The molecule has 5 heteroatoms. The highest BCUT2D eigenvalue weighted by atomic mass is 16.5. The van der Waals surface area contributed by atoms with Crippen molar-refractivity contribution in [2.45, 2.75) is 97.4 Å². The second-order valence-corrected chi connectivity index (χ2v) is 15.5. The average molecular weight is 579 g/mol. The van der Waals surface area contributed by atoms with Crippen LogP contribution in [0.4, 0.5) is 11.4 Å². The van der Waals surface area contributed by atoms with Crippen molar-refractivity contribution in [2.24, 2.45) is 7.05 Å². The van der Waals surface area contributed by atoms with Crippen molar-refractivity contribution in [3.8, 4) is 5.75 Å². The molecule has 0 saturated heterocycles. The van der Waals surface area contributed by atoms with E-state index in [-0.39, 0.29) is 16.2 Å². The number of anilines is 2. The summed E-state index contributed by atoms with van der Waals surface area (Å²) in [6, 6.07) is 16.1. The molecular weight excluding hydrogens is 528 g/mol. The molecule has 3 heterocycles. The van der Waals surface area contributed by atoms with Gasteiger partial charge in [0.05, 0.1) is 23.9 Å². The van der Waals surface area contributed by atoms with E-state index in [9.17, 15) is 0 Å². The maximum Gasteiger partial charge on any atom is 0.143 e. The molecule has 0 aliphatic carbocycles. The van der Waals surface area contributed by atoms with Crippen LogP contribution in [-0.4, -0.2) is 29.5 Å². The lowest BCUT2D eigenvalue weighted by Gasteiger charge is -2.36. The van der Waals surface area contributed by atoms with Crippen molar-refractivity contribution in [1.29, 1.82) is 0 Å². The molecule has 0 spiro atoms. The Hall–Kier alpha value is -3.47. The summed E-state index contributed by atoms with van der Waals surface area (Å²) in [5, 5.41) is 9.77. The van der Waals surface area contributed by atoms with Crippen molar-refractivity contribution in [3.63, 3.8) is 0 Å². The first-order valence-electron chi connectivity index (χ1n) is 16.1. The molecule has 0 saturated carbocycles. The summed E-state index contributed by atoms with van der Waals surface area (Å²) in [5.41, 5.74) is 12.3. The minimum atomic E-state index is -0.0666. The molecule has 5 nitrogen and oxygen atoms in total. The molecule has 43 heavy (non-hydrogen) atoms. The number of para-hydroxylation sites is 1. The molecule has 0 radical (unpaired) electrons. The van der Waals surface area contributed by atoms with E-state index in [2.05, 4.69) is 126 Å². The van der Waals surface area contributed by atoms with E-state index in [1.165, 1.54) is 68.5 Å². The van der Waals surface area contributed by atoms with Gasteiger partial charge in [0.2, 0.25) is 0 Å². The lowest BCUT2D eigenvalue weighted by atomic mass is 9.75. The van der Waals surface area contributed by atoms with Crippen LogP contribution in [0.3, 0.4) is 0 Å². The maximum absolute atomic E-state index is 6.14. The summed E-state index contributed by atoms with van der Waals surface area (Å²) in [4.78, 5) is 2.51. The van der Waals surface area contributed by atoms with Gasteiger partial charge in [0, 0.05) is 31.2 Å². The molecule has 1 aromatic heterocycles. The molecule has 2 aliphatic heterocycles. The predicted molar refractivity (Wildman–Crippen MR) is 181 cm³/mol. The van der Waals surface area contributed by atoms with E-state index < -0.39 is 0 Å². The molecule has 1 N–H and O–H groups in total. The summed E-state index contributed by atoms with van der Waals surface area (Å²) in [6.45, 7) is 22.2. The van der Waals surface area contributed by atoms with E-state index in [1.807, 2.05) is 0 Å². The summed E-state index contributed by atoms with van der Waals surface area (Å²) in [6.07, 6.45) is 5.43. The average Bonchev–Trinajstić information content (AvgIpc) is 3.33. The van der Waals surface area contributed by atoms with Gasteiger partial charge in [0.1, 0.15) is 12.4 Å². The van der Waals surface area contributed by atoms with Crippen LogP contribution in [0.1, 0.15) is 95.2 Å². The molecule has 4 aromatic rings. The third kappa shape index (κ3) is 5.52. The van der Waals surface area contributed by atoms with Gasteiger partial charge in [-0.1, -0.05) is 85.7 Å². The molecule has 0 atom stereocenters. The van der Waals surface area contributed by atoms with Gasteiger partial charge in [-0.25, -0.2) is 0 Å². The largest absolute Gasteiger partial charge is 0.490 e. The van der Waals surface area contributed by atoms with Gasteiger partial charge in [0.15, 0.2) is 0 Å². The van der Waals surface area contributed by atoms with Gasteiger partial charge in [-0.05, 0) is 81.0 Å². The summed E-state index contributed by atoms with van der Waals surface area (Å²) in [7, 11) is 2.08. The standard InChI is InChI=1S/C38H50N4O/c1-36(2,3)30-13-10-14-33-35(30)42(18-19-43-33)24-26-15-16-29(28-23-40-41(9)34(26)28)38(7,8)22-25-20-31(37(4,5)6)27-12-11-17-39-32(27)21-25/h10,13-16,20-21,23,39H,11-12,17-19,22,24H2,1-9H3. The van der Waals surface area contributed by atoms with Crippen molar-refractivity contribution in [1.82, 2.24) is 9.78 Å². The number of fused-ring (bicyclic) bond motifs is 3. The summed E-state index contributed by atoms with van der Waals surface area (Å²) < 4.78 is 8.22. The third-order valence-electron chi connectivity index (χ3n) is 9.50. The molecule has 0 amide bonds. The van der Waals surface area contributed by atoms with Gasteiger partial charge in [-0.3, -0.25) is 4.68 Å². The first-order chi connectivity index (χ1) is 20.2. The smallest absolute Gasteiger partial charge is 0.143 e. The summed E-state index contributed by atoms with van der Waals surface area (Å²) >= 11 is 0. The zero-order chi connectivity index (χ0) is 30.7. The molecule has 3 aromatic carbocycles. The van der Waals surface area contributed by atoms with Crippen LogP contribution in [0.5, 0.6) is 5.75 Å². The molecule has 0 unspecified atom stereocenters. The first-order valence-corrected chi connectivity index (χ1v) is 16.1. The van der Waals surface area contributed by atoms with Gasteiger partial charge in [-0.15, -0.1) is 0 Å². The topological polar surface area (TPSA) is 42.3 Å². The van der Waals surface area contributed by atoms with Gasteiger partial charge in [-0.2, -0.15) is 5.10 Å².